The lowest BCUT2D eigenvalue weighted by Crippen LogP contribution is -2.42. The van der Waals surface area contributed by atoms with Gasteiger partial charge in [-0.25, -0.2) is 4.39 Å². The van der Waals surface area contributed by atoms with E-state index in [4.69, 9.17) is 4.84 Å². The average Bonchev–Trinajstić information content (AvgIpc) is 3.11. The van der Waals surface area contributed by atoms with Gasteiger partial charge in [0.05, 0.1) is 12.2 Å². The topological polar surface area (TPSA) is 54.8 Å². The first-order chi connectivity index (χ1) is 13.2. The summed E-state index contributed by atoms with van der Waals surface area (Å²) < 4.78 is 14.1. The van der Waals surface area contributed by atoms with E-state index in [0.29, 0.717) is 18.5 Å². The normalized spacial score (nSPS) is 19.1. The summed E-state index contributed by atoms with van der Waals surface area (Å²) >= 11 is 0. The number of hydrogen-bond acceptors (Lipinski definition) is 4. The Morgan fingerprint density at radius 2 is 2.00 bits per heavy atom. The molecule has 0 N–H and O–H groups in total. The lowest BCUT2D eigenvalue weighted by atomic mass is 9.84. The summed E-state index contributed by atoms with van der Waals surface area (Å²) in [5.41, 5.74) is 2.09. The second kappa shape index (κ2) is 7.86. The third-order valence-electron chi connectivity index (χ3n) is 5.20. The third-order valence-corrected chi connectivity index (χ3v) is 5.20. The zero-order chi connectivity index (χ0) is 18.6. The minimum absolute atomic E-state index is 0.0503. The molecular weight excluding hydrogens is 345 g/mol. The first-order valence-electron chi connectivity index (χ1n) is 9.37. The number of carbonyl (C=O) groups excluding carboxylic acids is 1. The van der Waals surface area contributed by atoms with Gasteiger partial charge in [-0.1, -0.05) is 35.8 Å². The van der Waals surface area contributed by atoms with Crippen molar-refractivity contribution in [2.45, 2.75) is 38.3 Å². The van der Waals surface area contributed by atoms with Crippen molar-refractivity contribution >= 4 is 11.6 Å². The maximum absolute atomic E-state index is 14.1. The van der Waals surface area contributed by atoms with Crippen LogP contribution in [0.3, 0.4) is 0 Å². The minimum atomic E-state index is -0.290. The van der Waals surface area contributed by atoms with Gasteiger partial charge in [0.15, 0.2) is 6.10 Å². The molecule has 2 heterocycles. The Balaban J connectivity index is 1.45. The molecular formula is C21H22FN3O2. The largest absolute Gasteiger partial charge is 0.390 e. The second-order valence-electron chi connectivity index (χ2n) is 7.12. The highest BCUT2D eigenvalue weighted by molar-refractivity contribution is 5.99. The molecule has 5 nitrogen and oxygen atoms in total. The average molecular weight is 367 g/mol. The summed E-state index contributed by atoms with van der Waals surface area (Å²) in [5.74, 6) is -0.157. The summed E-state index contributed by atoms with van der Waals surface area (Å²) in [6, 6.07) is 12.2. The molecule has 1 saturated carbocycles. The van der Waals surface area contributed by atoms with Crippen LogP contribution in [-0.4, -0.2) is 34.2 Å². The van der Waals surface area contributed by atoms with Crippen molar-refractivity contribution in [3.63, 3.8) is 0 Å². The van der Waals surface area contributed by atoms with Crippen molar-refractivity contribution in [3.05, 3.63) is 65.7 Å². The predicted octanol–water partition coefficient (Wildman–Crippen LogP) is 3.54. The van der Waals surface area contributed by atoms with Crippen LogP contribution >= 0.6 is 0 Å². The fraction of sp³-hybridized carbons (Fsp3) is 0.381. The van der Waals surface area contributed by atoms with E-state index in [9.17, 15) is 9.18 Å². The fourth-order valence-electron chi connectivity index (χ4n) is 3.43. The van der Waals surface area contributed by atoms with Gasteiger partial charge in [0.2, 0.25) is 5.91 Å². The summed E-state index contributed by atoms with van der Waals surface area (Å²) in [6.45, 7) is 0.643. The molecule has 140 valence electrons. The first-order valence-corrected chi connectivity index (χ1v) is 9.37. The van der Waals surface area contributed by atoms with Crippen LogP contribution < -0.4 is 0 Å². The molecule has 2 aliphatic rings. The summed E-state index contributed by atoms with van der Waals surface area (Å²) in [7, 11) is 0. The van der Waals surface area contributed by atoms with Crippen molar-refractivity contribution in [1.82, 2.24) is 9.88 Å². The van der Waals surface area contributed by atoms with E-state index < -0.39 is 0 Å². The van der Waals surface area contributed by atoms with Gasteiger partial charge in [-0.2, -0.15) is 0 Å². The van der Waals surface area contributed by atoms with E-state index in [0.717, 1.165) is 30.7 Å². The van der Waals surface area contributed by atoms with Crippen molar-refractivity contribution in [1.29, 1.82) is 0 Å². The molecule has 1 aromatic heterocycles. The highest BCUT2D eigenvalue weighted by atomic mass is 19.1. The molecule has 2 aromatic rings. The Labute approximate surface area is 157 Å². The van der Waals surface area contributed by atoms with Gasteiger partial charge in [0.1, 0.15) is 11.5 Å². The van der Waals surface area contributed by atoms with Crippen LogP contribution in [0.25, 0.3) is 0 Å². The molecule has 0 unspecified atom stereocenters. The lowest BCUT2D eigenvalue weighted by Gasteiger charge is -2.32. The van der Waals surface area contributed by atoms with Gasteiger partial charge in [-0.3, -0.25) is 9.78 Å². The van der Waals surface area contributed by atoms with Crippen molar-refractivity contribution < 1.29 is 14.0 Å². The molecule has 1 aliphatic carbocycles. The third kappa shape index (κ3) is 3.99. The fourth-order valence-corrected chi connectivity index (χ4v) is 3.43. The molecule has 6 heteroatoms. The number of oxime groups is 1. The molecule has 1 atom stereocenters. The van der Waals surface area contributed by atoms with Gasteiger partial charge in [0, 0.05) is 30.6 Å². The monoisotopic (exact) mass is 367 g/mol. The van der Waals surface area contributed by atoms with Crippen LogP contribution in [0.1, 0.15) is 36.9 Å². The van der Waals surface area contributed by atoms with Crippen molar-refractivity contribution in [2.24, 2.45) is 11.1 Å². The quantitative estimate of drug-likeness (QED) is 0.785. The number of aromatic nitrogens is 1. The number of halogens is 1. The Morgan fingerprint density at radius 3 is 2.70 bits per heavy atom. The van der Waals surface area contributed by atoms with Gasteiger partial charge in [0.25, 0.3) is 0 Å². The van der Waals surface area contributed by atoms with E-state index >= 15 is 0 Å². The summed E-state index contributed by atoms with van der Waals surface area (Å²) in [5, 5.41) is 4.15. The molecule has 1 amide bonds. The van der Waals surface area contributed by atoms with Crippen LogP contribution in [0.15, 0.2) is 53.8 Å². The number of hydrogen-bond donors (Lipinski definition) is 0. The van der Waals surface area contributed by atoms with E-state index in [1.165, 1.54) is 6.07 Å². The van der Waals surface area contributed by atoms with E-state index in [1.807, 2.05) is 18.2 Å². The van der Waals surface area contributed by atoms with Gasteiger partial charge in [-0.15, -0.1) is 0 Å². The van der Waals surface area contributed by atoms with Crippen LogP contribution in [-0.2, 0) is 16.2 Å². The maximum Gasteiger partial charge on any atom is 0.226 e. The van der Waals surface area contributed by atoms with Crippen LogP contribution in [0.5, 0.6) is 0 Å². The maximum atomic E-state index is 14.1. The zero-order valence-electron chi connectivity index (χ0n) is 15.1. The molecule has 1 aliphatic heterocycles. The van der Waals surface area contributed by atoms with Crippen LogP contribution in [0.4, 0.5) is 4.39 Å². The smallest absolute Gasteiger partial charge is 0.226 e. The molecule has 0 radical (unpaired) electrons. The Bertz CT molecular complexity index is 836. The Morgan fingerprint density at radius 1 is 1.19 bits per heavy atom. The highest BCUT2D eigenvalue weighted by Gasteiger charge is 2.33. The predicted molar refractivity (Wildman–Crippen MR) is 99.4 cm³/mol. The number of carbonyl (C=O) groups is 1. The standard InChI is InChI=1S/C21H22FN3O2/c22-18-9-2-1-6-16(18)13-25(21(26)15-7-5-8-15)14-17-12-20(24-27-17)19-10-3-4-11-23-19/h1-4,6,9-11,15,17H,5,7-8,12-14H2/t17-/m0/s1. The van der Waals surface area contributed by atoms with Gasteiger partial charge in [-0.05, 0) is 31.0 Å². The van der Waals surface area contributed by atoms with Crippen LogP contribution in [0, 0.1) is 11.7 Å². The summed E-state index contributed by atoms with van der Waals surface area (Å²) in [4.78, 5) is 24.5. The van der Waals surface area contributed by atoms with Gasteiger partial charge >= 0.3 is 0 Å². The number of rotatable bonds is 6. The Kier molecular flexibility index (Phi) is 5.14. The van der Waals surface area contributed by atoms with Crippen LogP contribution in [0.2, 0.25) is 0 Å². The molecule has 4 rings (SSSR count). The summed E-state index contributed by atoms with van der Waals surface area (Å²) in [6.07, 6.45) is 4.97. The van der Waals surface area contributed by atoms with Crippen molar-refractivity contribution in [3.8, 4) is 0 Å². The van der Waals surface area contributed by atoms with E-state index in [1.54, 1.807) is 29.3 Å². The Hall–Kier alpha value is -2.76. The lowest BCUT2D eigenvalue weighted by molar-refractivity contribution is -0.140. The molecule has 1 aromatic carbocycles. The second-order valence-corrected chi connectivity index (χ2v) is 7.12. The molecule has 27 heavy (non-hydrogen) atoms. The number of nitrogens with zero attached hydrogens (tertiary/aromatic N) is 3. The van der Waals surface area contributed by atoms with Gasteiger partial charge < -0.3 is 9.74 Å². The first kappa shape index (κ1) is 17.6. The number of benzene rings is 1. The minimum Gasteiger partial charge on any atom is -0.390 e. The van der Waals surface area contributed by atoms with E-state index in [2.05, 4.69) is 10.1 Å². The SMILES string of the molecule is O=C(C1CCC1)N(Cc1ccccc1F)C[C@@H]1CC(c2ccccn2)=NO1. The molecule has 0 spiro atoms. The highest BCUT2D eigenvalue weighted by Crippen LogP contribution is 2.29. The zero-order valence-corrected chi connectivity index (χ0v) is 15.1. The number of pyridine rings is 1. The van der Waals surface area contributed by atoms with Crippen molar-refractivity contribution in [2.75, 3.05) is 6.54 Å². The molecule has 1 fully saturated rings. The number of amides is 1. The van der Waals surface area contributed by atoms with E-state index in [-0.39, 0.29) is 30.3 Å². The molecule has 0 saturated heterocycles. The molecule has 0 bridgehead atoms.